The van der Waals surface area contributed by atoms with Crippen LogP contribution in [-0.4, -0.2) is 33.7 Å². The lowest BCUT2D eigenvalue weighted by molar-refractivity contribution is -0.124. The number of aryl methyl sites for hydroxylation is 2. The Morgan fingerprint density at radius 1 is 1.41 bits per heavy atom. The summed E-state index contributed by atoms with van der Waals surface area (Å²) in [7, 11) is 0. The van der Waals surface area contributed by atoms with Crippen LogP contribution in [0.2, 0.25) is 5.15 Å². The summed E-state index contributed by atoms with van der Waals surface area (Å²) in [5.74, 6) is -0.403. The van der Waals surface area contributed by atoms with Crippen LogP contribution in [0.1, 0.15) is 31.0 Å². The molecule has 1 aromatic heterocycles. The summed E-state index contributed by atoms with van der Waals surface area (Å²) in [6.45, 7) is 4.38. The largest absolute Gasteiger partial charge is 0.313 e. The Hall–Kier alpha value is -2.31. The van der Waals surface area contributed by atoms with Crippen LogP contribution in [0.25, 0.3) is 6.08 Å². The van der Waals surface area contributed by atoms with Gasteiger partial charge in [0.25, 0.3) is 0 Å². The molecule has 0 aliphatic heterocycles. The highest BCUT2D eigenvalue weighted by molar-refractivity contribution is 6.31. The van der Waals surface area contributed by atoms with E-state index in [1.165, 1.54) is 6.08 Å². The minimum absolute atomic E-state index is 0.126. The molecule has 0 fully saturated rings. The zero-order valence-electron chi connectivity index (χ0n) is 12.7. The molecule has 0 bridgehead atoms. The van der Waals surface area contributed by atoms with Gasteiger partial charge in [-0.1, -0.05) is 24.9 Å². The summed E-state index contributed by atoms with van der Waals surface area (Å²) in [5, 5.41) is 22.2. The lowest BCUT2D eigenvalue weighted by atomic mass is 10.2. The highest BCUT2D eigenvalue weighted by atomic mass is 35.5. The number of aromatic nitrogens is 2. The first-order chi connectivity index (χ1) is 10.5. The standard InChI is InChI=1S/C15H18ClN5O/c1-3-4-9-21-15(16)13(12(2)19-21)5-6-14(22)20(10-7-17)11-8-18/h5-6H,3-4,9-11H2,1-2H3. The fourth-order valence-corrected chi connectivity index (χ4v) is 2.18. The molecule has 7 heteroatoms. The quantitative estimate of drug-likeness (QED) is 0.571. The number of hydrogen-bond acceptors (Lipinski definition) is 4. The van der Waals surface area contributed by atoms with Crippen LogP contribution >= 0.6 is 11.6 Å². The molecule has 0 aliphatic carbocycles. The van der Waals surface area contributed by atoms with Crippen LogP contribution < -0.4 is 0 Å². The molecule has 116 valence electrons. The first-order valence-electron chi connectivity index (χ1n) is 6.98. The average Bonchev–Trinajstić information content (AvgIpc) is 2.76. The number of unbranched alkanes of at least 4 members (excludes halogenated alkanes) is 1. The lowest BCUT2D eigenvalue weighted by Gasteiger charge is -2.12. The SMILES string of the molecule is CCCCn1nc(C)c(C=CC(=O)N(CC#N)CC#N)c1Cl. The van der Waals surface area contributed by atoms with Gasteiger partial charge in [0, 0.05) is 18.2 Å². The fraction of sp³-hybridized carbons (Fsp3) is 0.467. The lowest BCUT2D eigenvalue weighted by Crippen LogP contribution is -2.30. The van der Waals surface area contributed by atoms with Crippen molar-refractivity contribution in [1.29, 1.82) is 10.5 Å². The minimum atomic E-state index is -0.403. The van der Waals surface area contributed by atoms with Crippen LogP contribution in [-0.2, 0) is 11.3 Å². The van der Waals surface area contributed by atoms with Crippen LogP contribution in [0.4, 0.5) is 0 Å². The third kappa shape index (κ3) is 4.61. The summed E-state index contributed by atoms with van der Waals surface area (Å²) in [5.41, 5.74) is 1.41. The molecule has 0 spiro atoms. The van der Waals surface area contributed by atoms with Gasteiger partial charge in [-0.2, -0.15) is 15.6 Å². The number of nitrogens with zero attached hydrogens (tertiary/aromatic N) is 5. The Balaban J connectivity index is 2.90. The average molecular weight is 320 g/mol. The topological polar surface area (TPSA) is 85.7 Å². The Kier molecular flexibility index (Phi) is 7.15. The van der Waals surface area contributed by atoms with Crippen LogP contribution in [0.15, 0.2) is 6.08 Å². The predicted octanol–water partition coefficient (Wildman–Crippen LogP) is 2.53. The second-order valence-electron chi connectivity index (χ2n) is 4.71. The van der Waals surface area contributed by atoms with E-state index < -0.39 is 5.91 Å². The molecule has 0 N–H and O–H groups in total. The number of halogens is 1. The van der Waals surface area contributed by atoms with Crippen LogP contribution in [0, 0.1) is 29.6 Å². The van der Waals surface area contributed by atoms with Gasteiger partial charge in [-0.15, -0.1) is 0 Å². The third-order valence-electron chi connectivity index (χ3n) is 3.06. The van der Waals surface area contributed by atoms with Crippen molar-refractivity contribution in [3.63, 3.8) is 0 Å². The van der Waals surface area contributed by atoms with Gasteiger partial charge in [-0.05, 0) is 19.4 Å². The second-order valence-corrected chi connectivity index (χ2v) is 5.07. The van der Waals surface area contributed by atoms with E-state index in [0.717, 1.165) is 30.0 Å². The molecule has 1 heterocycles. The van der Waals surface area contributed by atoms with Gasteiger partial charge in [0.2, 0.25) is 5.91 Å². The number of carbonyl (C=O) groups excluding carboxylic acids is 1. The summed E-state index contributed by atoms with van der Waals surface area (Å²) in [6, 6.07) is 3.72. The van der Waals surface area contributed by atoms with Crippen molar-refractivity contribution in [1.82, 2.24) is 14.7 Å². The minimum Gasteiger partial charge on any atom is -0.313 e. The molecule has 0 atom stereocenters. The number of nitriles is 2. The van der Waals surface area contributed by atoms with Crippen molar-refractivity contribution in [2.45, 2.75) is 33.2 Å². The highest BCUT2D eigenvalue weighted by Gasteiger charge is 2.13. The van der Waals surface area contributed by atoms with Crippen molar-refractivity contribution in [3.05, 3.63) is 22.5 Å². The molecular weight excluding hydrogens is 302 g/mol. The Bertz CT molecular complexity index is 620. The molecule has 1 amide bonds. The molecule has 0 aliphatic rings. The number of amides is 1. The summed E-state index contributed by atoms with van der Waals surface area (Å²) in [6.07, 6.45) is 4.91. The van der Waals surface area contributed by atoms with Gasteiger partial charge < -0.3 is 4.90 Å². The van der Waals surface area contributed by atoms with E-state index in [1.807, 2.05) is 19.1 Å². The summed E-state index contributed by atoms with van der Waals surface area (Å²) in [4.78, 5) is 13.1. The first-order valence-corrected chi connectivity index (χ1v) is 7.36. The normalized spacial score (nSPS) is 10.4. The Labute approximate surface area is 135 Å². The maximum Gasteiger partial charge on any atom is 0.248 e. The van der Waals surface area contributed by atoms with Crippen molar-refractivity contribution in [3.8, 4) is 12.1 Å². The molecule has 1 rings (SSSR count). The van der Waals surface area contributed by atoms with E-state index in [1.54, 1.807) is 10.8 Å². The van der Waals surface area contributed by atoms with Crippen molar-refractivity contribution in [2.75, 3.05) is 13.1 Å². The van der Waals surface area contributed by atoms with Crippen LogP contribution in [0.5, 0.6) is 0 Å². The molecule has 22 heavy (non-hydrogen) atoms. The smallest absolute Gasteiger partial charge is 0.248 e. The van der Waals surface area contributed by atoms with Crippen LogP contribution in [0.3, 0.4) is 0 Å². The zero-order chi connectivity index (χ0) is 16.5. The Morgan fingerprint density at radius 2 is 2.05 bits per heavy atom. The molecule has 0 saturated heterocycles. The van der Waals surface area contributed by atoms with Gasteiger partial charge in [0.15, 0.2) is 0 Å². The number of rotatable bonds is 7. The molecule has 0 unspecified atom stereocenters. The first kappa shape index (κ1) is 17.7. The Morgan fingerprint density at radius 3 is 2.59 bits per heavy atom. The second kappa shape index (κ2) is 8.86. The zero-order valence-corrected chi connectivity index (χ0v) is 13.5. The van der Waals surface area contributed by atoms with Gasteiger partial charge in [0.1, 0.15) is 18.2 Å². The van der Waals surface area contributed by atoms with E-state index in [0.29, 0.717) is 10.7 Å². The number of hydrogen-bond donors (Lipinski definition) is 0. The maximum absolute atomic E-state index is 12.0. The molecule has 0 radical (unpaired) electrons. The van der Waals surface area contributed by atoms with Gasteiger partial charge in [-0.25, -0.2) is 0 Å². The summed E-state index contributed by atoms with van der Waals surface area (Å²) < 4.78 is 1.72. The maximum atomic E-state index is 12.0. The van der Waals surface area contributed by atoms with Crippen molar-refractivity contribution in [2.24, 2.45) is 0 Å². The fourth-order valence-electron chi connectivity index (χ4n) is 1.86. The van der Waals surface area contributed by atoms with Crippen molar-refractivity contribution < 1.29 is 4.79 Å². The monoisotopic (exact) mass is 319 g/mol. The molecule has 0 aromatic carbocycles. The molecule has 6 nitrogen and oxygen atoms in total. The third-order valence-corrected chi connectivity index (χ3v) is 3.46. The molecule has 1 aromatic rings. The van der Waals surface area contributed by atoms with Gasteiger partial charge in [0.05, 0.1) is 17.8 Å². The van der Waals surface area contributed by atoms with E-state index in [9.17, 15) is 4.79 Å². The van der Waals surface area contributed by atoms with Crippen molar-refractivity contribution >= 4 is 23.6 Å². The summed E-state index contributed by atoms with van der Waals surface area (Å²) >= 11 is 6.27. The predicted molar refractivity (Wildman–Crippen MR) is 83.7 cm³/mol. The number of carbonyl (C=O) groups is 1. The van der Waals surface area contributed by atoms with E-state index >= 15 is 0 Å². The highest BCUT2D eigenvalue weighted by Crippen LogP contribution is 2.21. The van der Waals surface area contributed by atoms with E-state index in [4.69, 9.17) is 22.1 Å². The molecule has 0 saturated carbocycles. The van der Waals surface area contributed by atoms with Gasteiger partial charge in [-0.3, -0.25) is 9.48 Å². The van der Waals surface area contributed by atoms with Gasteiger partial charge >= 0.3 is 0 Å². The van der Waals surface area contributed by atoms with E-state index in [2.05, 4.69) is 12.0 Å². The molecular formula is C15H18ClN5O. The van der Waals surface area contributed by atoms with E-state index in [-0.39, 0.29) is 13.1 Å².